The van der Waals surface area contributed by atoms with Gasteiger partial charge in [0.05, 0.1) is 0 Å². The lowest BCUT2D eigenvalue weighted by molar-refractivity contribution is 0.413. The van der Waals surface area contributed by atoms with E-state index in [1.165, 1.54) is 25.7 Å². The number of rotatable bonds is 4. The number of nitrogens with zero attached hydrogens (tertiary/aromatic N) is 3. The Kier molecular flexibility index (Phi) is 4.82. The summed E-state index contributed by atoms with van der Waals surface area (Å²) in [4.78, 5) is 11.0. The van der Waals surface area contributed by atoms with Crippen LogP contribution < -0.4 is 16.0 Å². The molecule has 2 aliphatic rings. The molecule has 106 valence electrons. The molecule has 1 saturated heterocycles. The Morgan fingerprint density at radius 3 is 2.58 bits per heavy atom. The molecule has 1 aromatic heterocycles. The predicted molar refractivity (Wildman–Crippen MR) is 79.9 cm³/mol. The fourth-order valence-electron chi connectivity index (χ4n) is 2.43. The molecular formula is C13H22ClN5. The highest BCUT2D eigenvalue weighted by Crippen LogP contribution is 2.26. The van der Waals surface area contributed by atoms with Gasteiger partial charge in [-0.15, -0.1) is 12.4 Å². The second-order valence-electron chi connectivity index (χ2n) is 5.35. The number of piperidine rings is 1. The zero-order valence-corrected chi connectivity index (χ0v) is 11.9. The SMILES string of the molecule is Cl.NCC1CCN(c2cc(NC3CC3)ncn2)CC1. The van der Waals surface area contributed by atoms with Crippen molar-refractivity contribution < 1.29 is 0 Å². The molecule has 1 aromatic rings. The average Bonchev–Trinajstić information content (AvgIpc) is 3.23. The van der Waals surface area contributed by atoms with Crippen molar-refractivity contribution in [3.63, 3.8) is 0 Å². The van der Waals surface area contributed by atoms with Crippen LogP contribution in [0.5, 0.6) is 0 Å². The number of nitrogens with one attached hydrogen (secondary N) is 1. The monoisotopic (exact) mass is 283 g/mol. The second kappa shape index (κ2) is 6.39. The summed E-state index contributed by atoms with van der Waals surface area (Å²) in [6, 6.07) is 2.71. The van der Waals surface area contributed by atoms with Gasteiger partial charge in [-0.3, -0.25) is 0 Å². The van der Waals surface area contributed by atoms with Crippen molar-refractivity contribution in [2.45, 2.75) is 31.7 Å². The van der Waals surface area contributed by atoms with Gasteiger partial charge in [-0.25, -0.2) is 9.97 Å². The molecule has 1 saturated carbocycles. The van der Waals surface area contributed by atoms with E-state index >= 15 is 0 Å². The lowest BCUT2D eigenvalue weighted by atomic mass is 9.97. The fraction of sp³-hybridized carbons (Fsp3) is 0.692. The molecule has 0 aromatic carbocycles. The van der Waals surface area contributed by atoms with E-state index in [9.17, 15) is 0 Å². The summed E-state index contributed by atoms with van der Waals surface area (Å²) in [5.74, 6) is 2.69. The highest BCUT2D eigenvalue weighted by molar-refractivity contribution is 5.85. The Morgan fingerprint density at radius 2 is 1.95 bits per heavy atom. The lowest BCUT2D eigenvalue weighted by Gasteiger charge is -2.32. The van der Waals surface area contributed by atoms with E-state index in [2.05, 4.69) is 26.3 Å². The second-order valence-corrected chi connectivity index (χ2v) is 5.35. The maximum Gasteiger partial charge on any atom is 0.134 e. The third kappa shape index (κ3) is 3.70. The lowest BCUT2D eigenvalue weighted by Crippen LogP contribution is -2.36. The van der Waals surface area contributed by atoms with E-state index in [0.29, 0.717) is 12.0 Å². The van der Waals surface area contributed by atoms with Gasteiger partial charge in [-0.2, -0.15) is 0 Å². The van der Waals surface area contributed by atoms with E-state index < -0.39 is 0 Å². The Hall–Kier alpha value is -1.07. The fourth-order valence-corrected chi connectivity index (χ4v) is 2.43. The number of hydrogen-bond donors (Lipinski definition) is 2. The molecule has 0 bridgehead atoms. The van der Waals surface area contributed by atoms with Crippen LogP contribution in [0.4, 0.5) is 11.6 Å². The zero-order valence-electron chi connectivity index (χ0n) is 11.1. The van der Waals surface area contributed by atoms with Crippen molar-refractivity contribution in [1.82, 2.24) is 9.97 Å². The Bertz CT molecular complexity index is 402. The number of nitrogens with two attached hydrogens (primary N) is 1. The van der Waals surface area contributed by atoms with Crippen LogP contribution in [0.25, 0.3) is 0 Å². The molecule has 3 rings (SSSR count). The third-order valence-corrected chi connectivity index (χ3v) is 3.85. The van der Waals surface area contributed by atoms with Gasteiger partial charge in [0.2, 0.25) is 0 Å². The minimum Gasteiger partial charge on any atom is -0.367 e. The first kappa shape index (κ1) is 14.3. The van der Waals surface area contributed by atoms with Crippen LogP contribution in [0, 0.1) is 5.92 Å². The van der Waals surface area contributed by atoms with Crippen molar-refractivity contribution >= 4 is 24.0 Å². The van der Waals surface area contributed by atoms with Gasteiger partial charge in [0.15, 0.2) is 0 Å². The van der Waals surface area contributed by atoms with E-state index in [1.54, 1.807) is 6.33 Å². The van der Waals surface area contributed by atoms with E-state index in [4.69, 9.17) is 5.73 Å². The molecule has 5 nitrogen and oxygen atoms in total. The van der Waals surface area contributed by atoms with E-state index in [0.717, 1.165) is 31.3 Å². The van der Waals surface area contributed by atoms with Crippen LogP contribution in [-0.4, -0.2) is 35.6 Å². The molecular weight excluding hydrogens is 262 g/mol. The highest BCUT2D eigenvalue weighted by Gasteiger charge is 2.22. The normalized spacial score (nSPS) is 19.9. The molecule has 1 aliphatic carbocycles. The molecule has 0 amide bonds. The largest absolute Gasteiger partial charge is 0.367 e. The molecule has 3 N–H and O–H groups in total. The first-order valence-electron chi connectivity index (χ1n) is 6.89. The van der Waals surface area contributed by atoms with Gasteiger partial charge >= 0.3 is 0 Å². The standard InChI is InChI=1S/C13H21N5.ClH/c14-8-10-3-5-18(6-4-10)13-7-12(15-9-16-13)17-11-1-2-11;/h7,9-11H,1-6,8,14H2,(H,15,16,17);1H. The Morgan fingerprint density at radius 1 is 1.21 bits per heavy atom. The number of anilines is 2. The summed E-state index contributed by atoms with van der Waals surface area (Å²) in [5.41, 5.74) is 5.72. The predicted octanol–water partition coefficient (Wildman–Crippen LogP) is 1.65. The van der Waals surface area contributed by atoms with Crippen LogP contribution in [-0.2, 0) is 0 Å². The van der Waals surface area contributed by atoms with Crippen LogP contribution in [0.3, 0.4) is 0 Å². The Labute approximate surface area is 120 Å². The minimum absolute atomic E-state index is 0. The van der Waals surface area contributed by atoms with Gasteiger partial charge in [0.1, 0.15) is 18.0 Å². The third-order valence-electron chi connectivity index (χ3n) is 3.85. The van der Waals surface area contributed by atoms with Crippen molar-refractivity contribution in [1.29, 1.82) is 0 Å². The van der Waals surface area contributed by atoms with Crippen molar-refractivity contribution in [3.05, 3.63) is 12.4 Å². The first-order valence-corrected chi connectivity index (χ1v) is 6.89. The van der Waals surface area contributed by atoms with Gasteiger partial charge in [0.25, 0.3) is 0 Å². The van der Waals surface area contributed by atoms with Crippen LogP contribution in [0.15, 0.2) is 12.4 Å². The quantitative estimate of drug-likeness (QED) is 0.879. The summed E-state index contributed by atoms with van der Waals surface area (Å²) in [5, 5.41) is 3.42. The van der Waals surface area contributed by atoms with E-state index in [1.807, 2.05) is 0 Å². The van der Waals surface area contributed by atoms with Crippen molar-refractivity contribution in [2.75, 3.05) is 29.9 Å². The maximum absolute atomic E-state index is 5.72. The zero-order chi connectivity index (χ0) is 12.4. The topological polar surface area (TPSA) is 67.1 Å². The molecule has 0 spiro atoms. The molecule has 0 radical (unpaired) electrons. The van der Waals surface area contributed by atoms with Crippen LogP contribution in [0.2, 0.25) is 0 Å². The first-order chi connectivity index (χ1) is 8.85. The summed E-state index contributed by atoms with van der Waals surface area (Å²) < 4.78 is 0. The van der Waals surface area contributed by atoms with Crippen molar-refractivity contribution in [3.8, 4) is 0 Å². The van der Waals surface area contributed by atoms with Gasteiger partial charge in [-0.1, -0.05) is 0 Å². The van der Waals surface area contributed by atoms with Gasteiger partial charge in [-0.05, 0) is 38.1 Å². The summed E-state index contributed by atoms with van der Waals surface area (Å²) in [7, 11) is 0. The molecule has 2 fully saturated rings. The molecule has 6 heteroatoms. The van der Waals surface area contributed by atoms with E-state index in [-0.39, 0.29) is 12.4 Å². The van der Waals surface area contributed by atoms with Crippen LogP contribution >= 0.6 is 12.4 Å². The van der Waals surface area contributed by atoms with Gasteiger partial charge in [0, 0.05) is 25.2 Å². The molecule has 19 heavy (non-hydrogen) atoms. The smallest absolute Gasteiger partial charge is 0.134 e. The van der Waals surface area contributed by atoms with Crippen LogP contribution in [0.1, 0.15) is 25.7 Å². The number of hydrogen-bond acceptors (Lipinski definition) is 5. The summed E-state index contributed by atoms with van der Waals surface area (Å²) >= 11 is 0. The molecule has 2 heterocycles. The highest BCUT2D eigenvalue weighted by atomic mass is 35.5. The molecule has 0 unspecified atom stereocenters. The Balaban J connectivity index is 0.00000133. The summed E-state index contributed by atoms with van der Waals surface area (Å²) in [6.07, 6.45) is 6.54. The molecule has 0 atom stereocenters. The number of aromatic nitrogens is 2. The maximum atomic E-state index is 5.72. The van der Waals surface area contributed by atoms with Crippen molar-refractivity contribution in [2.24, 2.45) is 11.7 Å². The summed E-state index contributed by atoms with van der Waals surface area (Å²) in [6.45, 7) is 2.93. The molecule has 1 aliphatic heterocycles. The average molecular weight is 284 g/mol. The number of halogens is 1. The van der Waals surface area contributed by atoms with Gasteiger partial charge < -0.3 is 16.0 Å². The minimum atomic E-state index is 0.